The highest BCUT2D eigenvalue weighted by atomic mass is 19.4. The first-order chi connectivity index (χ1) is 7.88. The molecule has 2 aromatic rings. The van der Waals surface area contributed by atoms with E-state index in [1.54, 1.807) is 0 Å². The highest BCUT2D eigenvalue weighted by Crippen LogP contribution is 2.28. The maximum Gasteiger partial charge on any atom is 0.443 e. The highest BCUT2D eigenvalue weighted by Gasteiger charge is 2.30. The van der Waals surface area contributed by atoms with Crippen LogP contribution in [0.15, 0.2) is 27.5 Å². The fraction of sp³-hybridized carbons (Fsp3) is 0.222. The molecule has 0 aliphatic heterocycles. The molecule has 0 saturated heterocycles. The molecule has 0 N–H and O–H groups in total. The second kappa shape index (κ2) is 3.72. The molecule has 8 heteroatoms. The maximum absolute atomic E-state index is 12.3. The minimum absolute atomic E-state index is 0.0279. The summed E-state index contributed by atoms with van der Waals surface area (Å²) in [6.07, 6.45) is -3.83. The van der Waals surface area contributed by atoms with E-state index < -0.39 is 17.5 Å². The van der Waals surface area contributed by atoms with Gasteiger partial charge >= 0.3 is 11.9 Å². The molecule has 0 bridgehead atoms. The number of alkyl halides is 3. The van der Waals surface area contributed by atoms with Crippen LogP contribution < -0.4 is 5.76 Å². The Morgan fingerprint density at radius 1 is 1.35 bits per heavy atom. The van der Waals surface area contributed by atoms with E-state index in [1.165, 1.54) is 6.92 Å². The largest absolute Gasteiger partial charge is 0.443 e. The summed E-state index contributed by atoms with van der Waals surface area (Å²) in [5, 5.41) is 3.67. The van der Waals surface area contributed by atoms with Gasteiger partial charge in [-0.15, -0.1) is 9.78 Å². The fourth-order valence-corrected chi connectivity index (χ4v) is 1.20. The van der Waals surface area contributed by atoms with E-state index in [1.807, 2.05) is 0 Å². The number of hydrogen-bond acceptors (Lipinski definition) is 4. The molecule has 0 aliphatic carbocycles. The molecule has 0 aromatic carbocycles. The Hall–Kier alpha value is -2.12. The molecule has 0 aliphatic rings. The van der Waals surface area contributed by atoms with Crippen molar-refractivity contribution >= 4 is 0 Å². The van der Waals surface area contributed by atoms with Crippen LogP contribution >= 0.6 is 0 Å². The third-order valence-electron chi connectivity index (χ3n) is 1.94. The molecule has 0 fully saturated rings. The lowest BCUT2D eigenvalue weighted by molar-refractivity contribution is -0.137. The van der Waals surface area contributed by atoms with Crippen LogP contribution in [0.3, 0.4) is 0 Å². The number of hydrogen-bond donors (Lipinski definition) is 0. The van der Waals surface area contributed by atoms with E-state index in [0.29, 0.717) is 6.20 Å². The van der Waals surface area contributed by atoms with Crippen LogP contribution in [0.4, 0.5) is 13.2 Å². The number of nitrogens with zero attached hydrogens (tertiary/aromatic N) is 3. The summed E-state index contributed by atoms with van der Waals surface area (Å²) in [6.45, 7) is 1.45. The van der Waals surface area contributed by atoms with Gasteiger partial charge in [-0.25, -0.2) is 9.78 Å². The molecule has 0 saturated carbocycles. The van der Waals surface area contributed by atoms with Crippen LogP contribution in [0.25, 0.3) is 5.82 Å². The summed E-state index contributed by atoms with van der Waals surface area (Å²) < 4.78 is 42.2. The van der Waals surface area contributed by atoms with Crippen molar-refractivity contribution in [1.29, 1.82) is 0 Å². The summed E-state index contributed by atoms with van der Waals surface area (Å²) in [5.74, 6) is -0.716. The molecule has 0 atom stereocenters. The molecule has 2 aromatic heterocycles. The molecule has 2 rings (SSSR count). The number of halogens is 3. The summed E-state index contributed by atoms with van der Waals surface area (Å²) in [7, 11) is 0. The van der Waals surface area contributed by atoms with Crippen LogP contribution in [0.2, 0.25) is 0 Å². The second-order valence-corrected chi connectivity index (χ2v) is 3.20. The van der Waals surface area contributed by atoms with Gasteiger partial charge in [0.2, 0.25) is 5.89 Å². The Morgan fingerprint density at radius 2 is 2.06 bits per heavy atom. The predicted octanol–water partition coefficient (Wildman–Crippen LogP) is 1.55. The van der Waals surface area contributed by atoms with Crippen molar-refractivity contribution in [2.45, 2.75) is 13.1 Å². The SMILES string of the molecule is Cc1nn(-c2ccc(C(F)(F)F)cn2)c(=O)o1. The zero-order valence-corrected chi connectivity index (χ0v) is 8.52. The zero-order chi connectivity index (χ0) is 12.6. The summed E-state index contributed by atoms with van der Waals surface area (Å²) >= 11 is 0. The number of aryl methyl sites for hydroxylation is 1. The van der Waals surface area contributed by atoms with Gasteiger partial charge in [0.25, 0.3) is 0 Å². The molecular formula is C9H6F3N3O2. The first-order valence-electron chi connectivity index (χ1n) is 4.48. The van der Waals surface area contributed by atoms with Gasteiger partial charge in [0.1, 0.15) is 0 Å². The van der Waals surface area contributed by atoms with E-state index in [-0.39, 0.29) is 11.7 Å². The maximum atomic E-state index is 12.3. The average molecular weight is 245 g/mol. The standard InChI is InChI=1S/C9H6F3N3O2/c1-5-14-15(8(16)17-5)7-3-2-6(4-13-7)9(10,11)12/h2-4H,1H3. The highest BCUT2D eigenvalue weighted by molar-refractivity contribution is 5.25. The minimum atomic E-state index is -4.46. The normalized spacial score (nSPS) is 11.8. The van der Waals surface area contributed by atoms with Crippen LogP contribution in [-0.4, -0.2) is 14.8 Å². The van der Waals surface area contributed by atoms with Crippen LogP contribution in [0.1, 0.15) is 11.5 Å². The van der Waals surface area contributed by atoms with E-state index in [2.05, 4.69) is 14.5 Å². The first kappa shape index (κ1) is 11.4. The van der Waals surface area contributed by atoms with Crippen LogP contribution in [0, 0.1) is 6.92 Å². The Morgan fingerprint density at radius 3 is 2.47 bits per heavy atom. The predicted molar refractivity (Wildman–Crippen MR) is 49.6 cm³/mol. The van der Waals surface area contributed by atoms with Crippen molar-refractivity contribution in [3.8, 4) is 5.82 Å². The first-order valence-corrected chi connectivity index (χ1v) is 4.48. The van der Waals surface area contributed by atoms with Crippen molar-refractivity contribution in [3.63, 3.8) is 0 Å². The van der Waals surface area contributed by atoms with Crippen LogP contribution in [-0.2, 0) is 6.18 Å². The van der Waals surface area contributed by atoms with E-state index in [4.69, 9.17) is 0 Å². The van der Waals surface area contributed by atoms with E-state index in [9.17, 15) is 18.0 Å². The van der Waals surface area contributed by atoms with Gasteiger partial charge in [-0.2, -0.15) is 13.2 Å². The van der Waals surface area contributed by atoms with Crippen molar-refractivity contribution in [2.24, 2.45) is 0 Å². The van der Waals surface area contributed by atoms with Gasteiger partial charge < -0.3 is 4.42 Å². The summed E-state index contributed by atoms with van der Waals surface area (Å²) in [5.41, 5.74) is -0.894. The fourth-order valence-electron chi connectivity index (χ4n) is 1.20. The molecule has 5 nitrogen and oxygen atoms in total. The smallest absolute Gasteiger partial charge is 0.392 e. The zero-order valence-electron chi connectivity index (χ0n) is 8.52. The Bertz CT molecular complexity index is 583. The van der Waals surface area contributed by atoms with Gasteiger partial charge in [-0.3, -0.25) is 0 Å². The number of aromatic nitrogens is 3. The Kier molecular flexibility index (Phi) is 2.49. The van der Waals surface area contributed by atoms with Gasteiger partial charge in [-0.1, -0.05) is 0 Å². The van der Waals surface area contributed by atoms with Gasteiger partial charge in [0.15, 0.2) is 5.82 Å². The van der Waals surface area contributed by atoms with Crippen LogP contribution in [0.5, 0.6) is 0 Å². The summed E-state index contributed by atoms with van der Waals surface area (Å²) in [4.78, 5) is 14.7. The molecule has 2 heterocycles. The lowest BCUT2D eigenvalue weighted by atomic mass is 10.3. The topological polar surface area (TPSA) is 60.9 Å². The molecule has 0 unspecified atom stereocenters. The third-order valence-corrected chi connectivity index (χ3v) is 1.94. The van der Waals surface area contributed by atoms with Crippen molar-refractivity contribution in [3.05, 3.63) is 40.3 Å². The molecule has 0 spiro atoms. The minimum Gasteiger partial charge on any atom is -0.392 e. The molecule has 0 amide bonds. The molecule has 0 radical (unpaired) electrons. The molecule has 17 heavy (non-hydrogen) atoms. The lowest BCUT2D eigenvalue weighted by Gasteiger charge is -2.05. The lowest BCUT2D eigenvalue weighted by Crippen LogP contribution is -2.15. The molecular weight excluding hydrogens is 239 g/mol. The number of rotatable bonds is 1. The monoisotopic (exact) mass is 245 g/mol. The summed E-state index contributed by atoms with van der Waals surface area (Å²) in [6, 6.07) is 1.87. The van der Waals surface area contributed by atoms with Gasteiger partial charge in [-0.05, 0) is 12.1 Å². The van der Waals surface area contributed by atoms with E-state index >= 15 is 0 Å². The van der Waals surface area contributed by atoms with Crippen molar-refractivity contribution < 1.29 is 17.6 Å². The van der Waals surface area contributed by atoms with Gasteiger partial charge in [0, 0.05) is 13.1 Å². The van der Waals surface area contributed by atoms with Gasteiger partial charge in [0.05, 0.1) is 5.56 Å². The Labute approximate surface area is 92.5 Å². The molecule has 90 valence electrons. The van der Waals surface area contributed by atoms with E-state index in [0.717, 1.165) is 16.8 Å². The number of pyridine rings is 1. The third kappa shape index (κ3) is 2.19. The quantitative estimate of drug-likeness (QED) is 0.764. The second-order valence-electron chi connectivity index (χ2n) is 3.20. The average Bonchev–Trinajstić information content (AvgIpc) is 2.57. The Balaban J connectivity index is 2.43. The van der Waals surface area contributed by atoms with Crippen molar-refractivity contribution in [1.82, 2.24) is 14.8 Å². The van der Waals surface area contributed by atoms with Crippen molar-refractivity contribution in [2.75, 3.05) is 0 Å².